The van der Waals surface area contributed by atoms with E-state index in [1.165, 1.54) is 19.3 Å². The van der Waals surface area contributed by atoms with Crippen molar-refractivity contribution in [3.8, 4) is 0 Å². The summed E-state index contributed by atoms with van der Waals surface area (Å²) < 4.78 is 2.07. The highest BCUT2D eigenvalue weighted by molar-refractivity contribution is 5.85. The van der Waals surface area contributed by atoms with Gasteiger partial charge in [0.25, 0.3) is 0 Å². The zero-order valence-electron chi connectivity index (χ0n) is 18.2. The van der Waals surface area contributed by atoms with Crippen molar-refractivity contribution in [1.82, 2.24) is 14.4 Å². The fourth-order valence-electron chi connectivity index (χ4n) is 3.58. The largest absolute Gasteiger partial charge is 0.353 e. The van der Waals surface area contributed by atoms with Crippen LogP contribution in [0.1, 0.15) is 83.7 Å². The molecule has 5 heteroatoms. The molecule has 1 aromatic rings. The van der Waals surface area contributed by atoms with Crippen LogP contribution < -0.4 is 0 Å². The summed E-state index contributed by atoms with van der Waals surface area (Å²) in [6, 6.07) is 4.43. The Balaban J connectivity index is 1.91. The molecule has 28 heavy (non-hydrogen) atoms. The third-order valence-corrected chi connectivity index (χ3v) is 5.65. The molecular formula is C23H39N3O2. The Labute approximate surface area is 171 Å². The third-order valence-electron chi connectivity index (χ3n) is 5.65. The molecule has 0 saturated heterocycles. The molecule has 1 fully saturated rings. The molecule has 0 bridgehead atoms. The molecule has 2 rings (SSSR count). The lowest BCUT2D eigenvalue weighted by atomic mass is 10.1. The van der Waals surface area contributed by atoms with Crippen LogP contribution in [-0.2, 0) is 23.2 Å². The highest BCUT2D eigenvalue weighted by Crippen LogP contribution is 2.28. The Bertz CT molecular complexity index is 607. The summed E-state index contributed by atoms with van der Waals surface area (Å²) in [7, 11) is 2.01. The first-order valence-corrected chi connectivity index (χ1v) is 11.2. The number of carbonyl (C=O) groups excluding carboxylic acids is 2. The van der Waals surface area contributed by atoms with E-state index in [9.17, 15) is 9.59 Å². The van der Waals surface area contributed by atoms with Gasteiger partial charge >= 0.3 is 0 Å². The topological polar surface area (TPSA) is 45.6 Å². The average molecular weight is 390 g/mol. The summed E-state index contributed by atoms with van der Waals surface area (Å²) in [6.45, 7) is 5.89. The lowest BCUT2D eigenvalue weighted by Crippen LogP contribution is -2.44. The Kier molecular flexibility index (Phi) is 9.59. The minimum atomic E-state index is 0.0964. The zero-order chi connectivity index (χ0) is 20.4. The maximum atomic E-state index is 13.1. The Morgan fingerprint density at radius 1 is 1.04 bits per heavy atom. The monoisotopic (exact) mass is 389 g/mol. The number of amides is 2. The van der Waals surface area contributed by atoms with Crippen LogP contribution in [0, 0.1) is 0 Å². The fourth-order valence-corrected chi connectivity index (χ4v) is 3.58. The van der Waals surface area contributed by atoms with Crippen molar-refractivity contribution in [2.24, 2.45) is 7.05 Å². The number of aromatic nitrogens is 1. The normalized spacial score (nSPS) is 13.5. The number of carbonyl (C=O) groups is 2. The van der Waals surface area contributed by atoms with Crippen molar-refractivity contribution in [2.45, 2.75) is 90.6 Å². The highest BCUT2D eigenvalue weighted by atomic mass is 16.2. The molecule has 0 aliphatic heterocycles. The molecule has 0 aromatic carbocycles. The number of rotatable bonds is 14. The SMILES string of the molecule is CCCCCCCC(=O)N(CCCC)CC(=O)N(Cc1cccn1C)C1CC1. The lowest BCUT2D eigenvalue weighted by molar-refractivity contribution is -0.141. The molecule has 0 radical (unpaired) electrons. The smallest absolute Gasteiger partial charge is 0.242 e. The summed E-state index contributed by atoms with van der Waals surface area (Å²) >= 11 is 0. The Hall–Kier alpha value is -1.78. The van der Waals surface area contributed by atoms with E-state index in [-0.39, 0.29) is 18.4 Å². The van der Waals surface area contributed by atoms with E-state index in [0.717, 1.165) is 44.2 Å². The molecule has 0 N–H and O–H groups in total. The number of aryl methyl sites for hydroxylation is 1. The van der Waals surface area contributed by atoms with Gasteiger partial charge in [0.15, 0.2) is 0 Å². The maximum absolute atomic E-state index is 13.1. The molecule has 0 spiro atoms. The average Bonchev–Trinajstić information content (AvgIpc) is 3.44. The summed E-state index contributed by atoms with van der Waals surface area (Å²) in [6.07, 6.45) is 12.4. The molecule has 1 aliphatic rings. The van der Waals surface area contributed by atoms with E-state index in [4.69, 9.17) is 0 Å². The van der Waals surface area contributed by atoms with E-state index in [2.05, 4.69) is 24.5 Å². The van der Waals surface area contributed by atoms with Crippen molar-refractivity contribution >= 4 is 11.8 Å². The van der Waals surface area contributed by atoms with Gasteiger partial charge in [0, 0.05) is 37.9 Å². The summed E-state index contributed by atoms with van der Waals surface area (Å²) in [5.41, 5.74) is 1.14. The molecule has 1 saturated carbocycles. The molecule has 1 aliphatic carbocycles. The second kappa shape index (κ2) is 11.9. The van der Waals surface area contributed by atoms with Gasteiger partial charge in [0.1, 0.15) is 0 Å². The van der Waals surface area contributed by atoms with Gasteiger partial charge in [0.2, 0.25) is 11.8 Å². The summed E-state index contributed by atoms with van der Waals surface area (Å²) in [5, 5.41) is 0. The fraction of sp³-hybridized carbons (Fsp3) is 0.739. The molecule has 158 valence electrons. The minimum absolute atomic E-state index is 0.0964. The van der Waals surface area contributed by atoms with Gasteiger partial charge in [-0.25, -0.2) is 0 Å². The lowest BCUT2D eigenvalue weighted by Gasteiger charge is -2.28. The van der Waals surface area contributed by atoms with Gasteiger partial charge in [-0.2, -0.15) is 0 Å². The van der Waals surface area contributed by atoms with Crippen molar-refractivity contribution < 1.29 is 9.59 Å². The molecule has 2 amide bonds. The number of nitrogens with zero attached hydrogens (tertiary/aromatic N) is 3. The zero-order valence-corrected chi connectivity index (χ0v) is 18.2. The first-order chi connectivity index (χ1) is 13.6. The maximum Gasteiger partial charge on any atom is 0.242 e. The number of hydrogen-bond acceptors (Lipinski definition) is 2. The van der Waals surface area contributed by atoms with Crippen molar-refractivity contribution in [2.75, 3.05) is 13.1 Å². The van der Waals surface area contributed by atoms with Crippen LogP contribution >= 0.6 is 0 Å². The van der Waals surface area contributed by atoms with Crippen LogP contribution in [0.5, 0.6) is 0 Å². The molecule has 0 unspecified atom stereocenters. The van der Waals surface area contributed by atoms with Gasteiger partial charge in [-0.3, -0.25) is 9.59 Å². The summed E-state index contributed by atoms with van der Waals surface area (Å²) in [4.78, 5) is 29.6. The van der Waals surface area contributed by atoms with Gasteiger partial charge in [-0.05, 0) is 37.8 Å². The van der Waals surface area contributed by atoms with Crippen LogP contribution in [0.25, 0.3) is 0 Å². The van der Waals surface area contributed by atoms with Crippen molar-refractivity contribution in [3.05, 3.63) is 24.0 Å². The van der Waals surface area contributed by atoms with Gasteiger partial charge in [0.05, 0.1) is 13.1 Å². The molecule has 0 atom stereocenters. The Morgan fingerprint density at radius 2 is 1.75 bits per heavy atom. The van der Waals surface area contributed by atoms with Crippen molar-refractivity contribution in [1.29, 1.82) is 0 Å². The number of hydrogen-bond donors (Lipinski definition) is 0. The van der Waals surface area contributed by atoms with Crippen LogP contribution in [-0.4, -0.2) is 45.3 Å². The van der Waals surface area contributed by atoms with Crippen molar-refractivity contribution in [3.63, 3.8) is 0 Å². The van der Waals surface area contributed by atoms with Crippen LogP contribution in [0.2, 0.25) is 0 Å². The van der Waals surface area contributed by atoms with E-state index in [1.807, 2.05) is 29.1 Å². The second-order valence-corrected chi connectivity index (χ2v) is 8.20. The molecule has 1 heterocycles. The van der Waals surface area contributed by atoms with Gasteiger partial charge < -0.3 is 14.4 Å². The Morgan fingerprint density at radius 3 is 2.36 bits per heavy atom. The van der Waals surface area contributed by atoms with E-state index < -0.39 is 0 Å². The van der Waals surface area contributed by atoms with E-state index >= 15 is 0 Å². The van der Waals surface area contributed by atoms with Crippen LogP contribution in [0.3, 0.4) is 0 Å². The second-order valence-electron chi connectivity index (χ2n) is 8.20. The van der Waals surface area contributed by atoms with Crippen LogP contribution in [0.15, 0.2) is 18.3 Å². The minimum Gasteiger partial charge on any atom is -0.353 e. The van der Waals surface area contributed by atoms with Gasteiger partial charge in [-0.15, -0.1) is 0 Å². The standard InChI is InChI=1S/C23H39N3O2/c1-4-6-8-9-10-13-22(27)25(17-7-5-2)19-23(28)26(20-14-15-20)18-21-12-11-16-24(21)3/h11-12,16,20H,4-10,13-15,17-19H2,1-3H3. The first kappa shape index (κ1) is 22.5. The highest BCUT2D eigenvalue weighted by Gasteiger charge is 2.34. The first-order valence-electron chi connectivity index (χ1n) is 11.2. The predicted octanol–water partition coefficient (Wildman–Crippen LogP) is 4.51. The van der Waals surface area contributed by atoms with E-state index in [0.29, 0.717) is 25.6 Å². The van der Waals surface area contributed by atoms with Gasteiger partial charge in [-0.1, -0.05) is 46.0 Å². The predicted molar refractivity (Wildman–Crippen MR) is 114 cm³/mol. The van der Waals surface area contributed by atoms with E-state index in [1.54, 1.807) is 0 Å². The summed E-state index contributed by atoms with van der Waals surface area (Å²) in [5.74, 6) is 0.243. The quantitative estimate of drug-likeness (QED) is 0.440. The molecule has 1 aromatic heterocycles. The molecular weight excluding hydrogens is 350 g/mol. The van der Waals surface area contributed by atoms with Crippen LogP contribution in [0.4, 0.5) is 0 Å². The molecule has 5 nitrogen and oxygen atoms in total. The third kappa shape index (κ3) is 7.33. The number of unbranched alkanes of at least 4 members (excludes halogenated alkanes) is 5.